The number of hydrogen-bond acceptors (Lipinski definition) is 5. The average molecular weight is 299 g/mol. The molecule has 0 unspecified atom stereocenters. The van der Waals surface area contributed by atoms with E-state index in [1.54, 1.807) is 14.2 Å². The zero-order chi connectivity index (χ0) is 15.4. The van der Waals surface area contributed by atoms with E-state index in [0.717, 1.165) is 42.4 Å². The maximum Gasteiger partial charge on any atom is 0.129 e. The normalized spacial score (nSPS) is 13.4. The summed E-state index contributed by atoms with van der Waals surface area (Å²) in [4.78, 5) is 4.49. The van der Waals surface area contributed by atoms with Gasteiger partial charge in [-0.1, -0.05) is 0 Å². The number of pyridine rings is 1. The van der Waals surface area contributed by atoms with Crippen molar-refractivity contribution >= 4 is 5.82 Å². The fraction of sp³-hybridized carbons (Fsp3) is 0.353. The zero-order valence-corrected chi connectivity index (χ0v) is 13.0. The first kappa shape index (κ1) is 14.7. The van der Waals surface area contributed by atoms with Crippen LogP contribution in [0.3, 0.4) is 0 Å². The molecule has 0 atom stereocenters. The first-order chi connectivity index (χ1) is 10.8. The van der Waals surface area contributed by atoms with Gasteiger partial charge in [-0.2, -0.15) is 0 Å². The van der Waals surface area contributed by atoms with Gasteiger partial charge < -0.3 is 20.1 Å². The van der Waals surface area contributed by atoms with Crippen LogP contribution in [0.15, 0.2) is 30.5 Å². The molecular formula is C17H21N3O2. The largest absolute Gasteiger partial charge is 0.497 e. The molecule has 0 amide bonds. The Balaban J connectivity index is 1.78. The second-order valence-corrected chi connectivity index (χ2v) is 5.26. The van der Waals surface area contributed by atoms with Crippen molar-refractivity contribution in [3.8, 4) is 11.5 Å². The Kier molecular flexibility index (Phi) is 4.44. The summed E-state index contributed by atoms with van der Waals surface area (Å²) in [5, 5.41) is 6.82. The fourth-order valence-corrected chi connectivity index (χ4v) is 2.74. The number of nitrogens with zero attached hydrogens (tertiary/aromatic N) is 1. The lowest BCUT2D eigenvalue weighted by molar-refractivity contribution is 0.391. The molecule has 2 heterocycles. The van der Waals surface area contributed by atoms with Gasteiger partial charge in [0.1, 0.15) is 17.3 Å². The molecule has 0 saturated heterocycles. The van der Waals surface area contributed by atoms with Crippen LogP contribution < -0.4 is 20.1 Å². The molecule has 2 N–H and O–H groups in total. The van der Waals surface area contributed by atoms with Crippen molar-refractivity contribution in [2.45, 2.75) is 19.5 Å². The van der Waals surface area contributed by atoms with Crippen molar-refractivity contribution in [1.29, 1.82) is 0 Å². The molecule has 1 aliphatic rings. The van der Waals surface area contributed by atoms with Crippen LogP contribution in [0.25, 0.3) is 0 Å². The highest BCUT2D eigenvalue weighted by Gasteiger charge is 2.14. The zero-order valence-electron chi connectivity index (χ0n) is 13.0. The number of aromatic nitrogens is 1. The molecule has 0 radical (unpaired) electrons. The van der Waals surface area contributed by atoms with Crippen LogP contribution in [0.2, 0.25) is 0 Å². The monoisotopic (exact) mass is 299 g/mol. The Hall–Kier alpha value is -2.27. The fourth-order valence-electron chi connectivity index (χ4n) is 2.74. The molecule has 116 valence electrons. The molecular weight excluding hydrogens is 278 g/mol. The molecule has 22 heavy (non-hydrogen) atoms. The molecule has 5 nitrogen and oxygen atoms in total. The lowest BCUT2D eigenvalue weighted by Gasteiger charge is -2.20. The minimum absolute atomic E-state index is 0.671. The Labute approximate surface area is 130 Å². The van der Waals surface area contributed by atoms with Gasteiger partial charge in [0.15, 0.2) is 0 Å². The molecule has 0 bridgehead atoms. The summed E-state index contributed by atoms with van der Waals surface area (Å²) in [6.45, 7) is 2.58. The molecule has 0 fully saturated rings. The van der Waals surface area contributed by atoms with Crippen LogP contribution in [0.4, 0.5) is 5.82 Å². The molecule has 5 heteroatoms. The smallest absolute Gasteiger partial charge is 0.129 e. The molecule has 3 rings (SSSR count). The van der Waals surface area contributed by atoms with Crippen LogP contribution in [-0.2, 0) is 19.5 Å². The summed E-state index contributed by atoms with van der Waals surface area (Å²) in [6, 6.07) is 7.94. The summed E-state index contributed by atoms with van der Waals surface area (Å²) in [5.41, 5.74) is 3.72. The van der Waals surface area contributed by atoms with Crippen molar-refractivity contribution in [2.24, 2.45) is 0 Å². The Morgan fingerprint density at radius 2 is 2.14 bits per heavy atom. The Morgan fingerprint density at radius 1 is 1.23 bits per heavy atom. The summed E-state index contributed by atoms with van der Waals surface area (Å²) >= 11 is 0. The van der Waals surface area contributed by atoms with Crippen LogP contribution in [0.1, 0.15) is 16.7 Å². The molecule has 1 aromatic heterocycles. The molecule has 1 aromatic carbocycles. The quantitative estimate of drug-likeness (QED) is 0.887. The number of anilines is 1. The van der Waals surface area contributed by atoms with Gasteiger partial charge in [0.2, 0.25) is 0 Å². The Bertz CT molecular complexity index is 658. The number of rotatable bonds is 5. The van der Waals surface area contributed by atoms with E-state index in [2.05, 4.69) is 21.7 Å². The van der Waals surface area contributed by atoms with Crippen molar-refractivity contribution in [2.75, 3.05) is 26.1 Å². The minimum Gasteiger partial charge on any atom is -0.497 e. The SMILES string of the molecule is COc1ccc(CNc2nccc3c2CCNC3)c(OC)c1. The van der Waals surface area contributed by atoms with Gasteiger partial charge in [-0.15, -0.1) is 0 Å². The van der Waals surface area contributed by atoms with Crippen molar-refractivity contribution < 1.29 is 9.47 Å². The standard InChI is InChI=1S/C17H21N3O2/c1-21-14-4-3-13(16(9-14)22-2)11-20-17-15-6-7-18-10-12(15)5-8-19-17/h3-5,8-9,18H,6-7,10-11H2,1-2H3,(H,19,20). The van der Waals surface area contributed by atoms with E-state index in [1.807, 2.05) is 24.4 Å². The maximum atomic E-state index is 5.44. The van der Waals surface area contributed by atoms with E-state index in [4.69, 9.17) is 9.47 Å². The van der Waals surface area contributed by atoms with Gasteiger partial charge in [-0.25, -0.2) is 4.98 Å². The number of nitrogens with one attached hydrogen (secondary N) is 2. The van der Waals surface area contributed by atoms with E-state index in [0.29, 0.717) is 6.54 Å². The van der Waals surface area contributed by atoms with Crippen molar-refractivity contribution in [3.05, 3.63) is 47.2 Å². The highest BCUT2D eigenvalue weighted by Crippen LogP contribution is 2.26. The second kappa shape index (κ2) is 6.66. The molecule has 0 saturated carbocycles. The third kappa shape index (κ3) is 2.99. The van der Waals surface area contributed by atoms with Gasteiger partial charge >= 0.3 is 0 Å². The van der Waals surface area contributed by atoms with Gasteiger partial charge in [-0.3, -0.25) is 0 Å². The van der Waals surface area contributed by atoms with Crippen molar-refractivity contribution in [1.82, 2.24) is 10.3 Å². The van der Waals surface area contributed by atoms with E-state index in [9.17, 15) is 0 Å². The van der Waals surface area contributed by atoms with Gasteiger partial charge in [0, 0.05) is 36.5 Å². The third-order valence-electron chi connectivity index (χ3n) is 3.96. The predicted octanol–water partition coefficient (Wildman–Crippen LogP) is 2.36. The van der Waals surface area contributed by atoms with Crippen LogP contribution in [0, 0.1) is 0 Å². The number of methoxy groups -OCH3 is 2. The van der Waals surface area contributed by atoms with Gasteiger partial charge in [-0.05, 0) is 36.7 Å². The second-order valence-electron chi connectivity index (χ2n) is 5.26. The third-order valence-corrected chi connectivity index (χ3v) is 3.96. The number of fused-ring (bicyclic) bond motifs is 1. The first-order valence-electron chi connectivity index (χ1n) is 7.44. The highest BCUT2D eigenvalue weighted by molar-refractivity contribution is 5.51. The van der Waals surface area contributed by atoms with Crippen molar-refractivity contribution in [3.63, 3.8) is 0 Å². The Morgan fingerprint density at radius 3 is 2.95 bits per heavy atom. The maximum absolute atomic E-state index is 5.44. The van der Waals surface area contributed by atoms with Crippen LogP contribution in [-0.4, -0.2) is 25.7 Å². The van der Waals surface area contributed by atoms with E-state index < -0.39 is 0 Å². The molecule has 1 aliphatic heterocycles. The molecule has 0 aliphatic carbocycles. The van der Waals surface area contributed by atoms with Gasteiger partial charge in [0.25, 0.3) is 0 Å². The van der Waals surface area contributed by atoms with Crippen LogP contribution in [0.5, 0.6) is 11.5 Å². The van der Waals surface area contributed by atoms with Crippen LogP contribution >= 0.6 is 0 Å². The number of benzene rings is 1. The molecule has 2 aromatic rings. The summed E-state index contributed by atoms with van der Waals surface area (Å²) in [5.74, 6) is 2.58. The number of hydrogen-bond donors (Lipinski definition) is 2. The first-order valence-corrected chi connectivity index (χ1v) is 7.44. The number of ether oxygens (including phenoxy) is 2. The average Bonchev–Trinajstić information content (AvgIpc) is 2.59. The lowest BCUT2D eigenvalue weighted by atomic mass is 10.0. The summed E-state index contributed by atoms with van der Waals surface area (Å²) in [7, 11) is 3.33. The molecule has 0 spiro atoms. The highest BCUT2D eigenvalue weighted by atomic mass is 16.5. The lowest BCUT2D eigenvalue weighted by Crippen LogP contribution is -2.25. The van der Waals surface area contributed by atoms with E-state index in [-0.39, 0.29) is 0 Å². The topological polar surface area (TPSA) is 55.4 Å². The minimum atomic E-state index is 0.671. The summed E-state index contributed by atoms with van der Waals surface area (Å²) < 4.78 is 10.7. The predicted molar refractivity (Wildman–Crippen MR) is 86.5 cm³/mol. The van der Waals surface area contributed by atoms with E-state index in [1.165, 1.54) is 11.1 Å². The summed E-state index contributed by atoms with van der Waals surface area (Å²) in [6.07, 6.45) is 2.87. The van der Waals surface area contributed by atoms with Gasteiger partial charge in [0.05, 0.1) is 14.2 Å². The van der Waals surface area contributed by atoms with E-state index >= 15 is 0 Å².